The first kappa shape index (κ1) is 15.4. The van der Waals surface area contributed by atoms with Gasteiger partial charge >= 0.3 is 0 Å². The highest BCUT2D eigenvalue weighted by molar-refractivity contribution is 7.99. The van der Waals surface area contributed by atoms with E-state index in [1.54, 1.807) is 0 Å². The molecule has 0 aromatic heterocycles. The molecule has 0 amide bonds. The van der Waals surface area contributed by atoms with E-state index in [1.165, 1.54) is 23.3 Å². The first-order chi connectivity index (χ1) is 10.1. The molecule has 0 aliphatic carbocycles. The van der Waals surface area contributed by atoms with Crippen molar-refractivity contribution in [3.8, 4) is 0 Å². The van der Waals surface area contributed by atoms with Crippen LogP contribution < -0.4 is 5.73 Å². The lowest BCUT2D eigenvalue weighted by molar-refractivity contribution is -0.0917. The van der Waals surface area contributed by atoms with Crippen LogP contribution in [0.4, 0.5) is 0 Å². The van der Waals surface area contributed by atoms with Crippen LogP contribution in [0.3, 0.4) is 0 Å². The second-order valence-corrected chi connectivity index (χ2v) is 7.96. The Morgan fingerprint density at radius 1 is 1.38 bits per heavy atom. The first-order valence-corrected chi connectivity index (χ1v) is 9.31. The summed E-state index contributed by atoms with van der Waals surface area (Å²) in [5.41, 5.74) is 9.30. The average molecular weight is 305 g/mol. The maximum Gasteiger partial charge on any atom is 0.0783 e. The molecule has 3 unspecified atom stereocenters. The van der Waals surface area contributed by atoms with E-state index >= 15 is 0 Å². The zero-order valence-corrected chi connectivity index (χ0v) is 14.0. The van der Waals surface area contributed by atoms with Gasteiger partial charge in [-0.3, -0.25) is 0 Å². The van der Waals surface area contributed by atoms with E-state index in [4.69, 9.17) is 10.5 Å². The molecule has 2 fully saturated rings. The number of hydrogen-bond acceptors (Lipinski definition) is 3. The number of hydrogen-bond donors (Lipinski definition) is 1. The molecule has 2 heterocycles. The van der Waals surface area contributed by atoms with Crippen LogP contribution in [0.5, 0.6) is 0 Å². The third kappa shape index (κ3) is 3.01. The van der Waals surface area contributed by atoms with Crippen molar-refractivity contribution in [3.05, 3.63) is 35.4 Å². The van der Waals surface area contributed by atoms with Gasteiger partial charge in [0, 0.05) is 17.9 Å². The third-order valence-corrected chi connectivity index (χ3v) is 6.62. The van der Waals surface area contributed by atoms with Gasteiger partial charge in [0.05, 0.1) is 5.60 Å². The van der Waals surface area contributed by atoms with Gasteiger partial charge in [-0.1, -0.05) is 31.2 Å². The fourth-order valence-corrected chi connectivity index (χ4v) is 5.12. The van der Waals surface area contributed by atoms with Gasteiger partial charge in [0.1, 0.15) is 0 Å². The van der Waals surface area contributed by atoms with Crippen molar-refractivity contribution >= 4 is 11.8 Å². The molecular formula is C18H27NOS. The summed E-state index contributed by atoms with van der Waals surface area (Å²) < 4.78 is 6.15. The Bertz CT molecular complexity index is 476. The van der Waals surface area contributed by atoms with Crippen molar-refractivity contribution in [2.24, 2.45) is 11.7 Å². The van der Waals surface area contributed by atoms with Gasteiger partial charge in [-0.05, 0) is 55.4 Å². The van der Waals surface area contributed by atoms with Gasteiger partial charge in [0.25, 0.3) is 0 Å². The van der Waals surface area contributed by atoms with Crippen LogP contribution in [-0.2, 0) is 16.7 Å². The molecule has 2 N–H and O–H groups in total. The molecule has 2 aliphatic heterocycles. The fourth-order valence-electron chi connectivity index (χ4n) is 3.74. The summed E-state index contributed by atoms with van der Waals surface area (Å²) in [6, 6.07) is 8.90. The van der Waals surface area contributed by atoms with Crippen LogP contribution in [0.2, 0.25) is 0 Å². The van der Waals surface area contributed by atoms with Gasteiger partial charge in [-0.15, -0.1) is 0 Å². The molecule has 0 saturated carbocycles. The number of rotatable bonds is 3. The van der Waals surface area contributed by atoms with Gasteiger partial charge < -0.3 is 10.5 Å². The van der Waals surface area contributed by atoms with E-state index in [9.17, 15) is 0 Å². The molecule has 2 aliphatic rings. The second kappa shape index (κ2) is 5.94. The Morgan fingerprint density at radius 2 is 2.14 bits per heavy atom. The Hall–Kier alpha value is -0.510. The fraction of sp³-hybridized carbons (Fsp3) is 0.667. The molecule has 0 radical (unpaired) electrons. The molecule has 2 saturated heterocycles. The summed E-state index contributed by atoms with van der Waals surface area (Å²) in [4.78, 5) is 0. The van der Waals surface area contributed by atoms with Gasteiger partial charge in [-0.2, -0.15) is 11.8 Å². The summed E-state index contributed by atoms with van der Waals surface area (Å²) in [6.45, 7) is 5.27. The van der Waals surface area contributed by atoms with Gasteiger partial charge in [0.15, 0.2) is 0 Å². The molecule has 116 valence electrons. The van der Waals surface area contributed by atoms with E-state index in [2.05, 4.69) is 38.1 Å². The van der Waals surface area contributed by atoms with E-state index < -0.39 is 0 Å². The Labute approximate surface area is 132 Å². The maximum atomic E-state index is 6.79. The van der Waals surface area contributed by atoms with Crippen molar-refractivity contribution in [1.82, 2.24) is 0 Å². The Morgan fingerprint density at radius 3 is 2.76 bits per heavy atom. The highest BCUT2D eigenvalue weighted by Crippen LogP contribution is 2.45. The number of benzene rings is 1. The monoisotopic (exact) mass is 305 g/mol. The standard InChI is InChI=1S/C18H27NOS/c1-3-14-4-6-15(7-5-14)17(2,19)16-8-10-20-18(12-16)9-11-21-13-18/h4-7,16H,3,8-13,19H2,1-2H3. The van der Waals surface area contributed by atoms with Crippen LogP contribution in [0, 0.1) is 5.92 Å². The second-order valence-electron chi connectivity index (χ2n) is 6.86. The predicted molar refractivity (Wildman–Crippen MR) is 90.7 cm³/mol. The Balaban J connectivity index is 1.79. The van der Waals surface area contributed by atoms with Crippen molar-refractivity contribution < 1.29 is 4.74 Å². The van der Waals surface area contributed by atoms with E-state index in [1.807, 2.05) is 11.8 Å². The van der Waals surface area contributed by atoms with Crippen LogP contribution in [0.25, 0.3) is 0 Å². The minimum Gasteiger partial charge on any atom is -0.374 e. The van der Waals surface area contributed by atoms with Crippen molar-refractivity contribution in [1.29, 1.82) is 0 Å². The van der Waals surface area contributed by atoms with Crippen LogP contribution in [0.1, 0.15) is 44.2 Å². The van der Waals surface area contributed by atoms with Crippen molar-refractivity contribution in [3.63, 3.8) is 0 Å². The minimum absolute atomic E-state index is 0.109. The lowest BCUT2D eigenvalue weighted by Crippen LogP contribution is -2.50. The number of aryl methyl sites for hydroxylation is 1. The number of thioether (sulfide) groups is 1. The number of nitrogens with two attached hydrogens (primary N) is 1. The molecule has 1 spiro atoms. The van der Waals surface area contributed by atoms with Crippen LogP contribution >= 0.6 is 11.8 Å². The normalized spacial score (nSPS) is 32.2. The molecule has 1 aromatic carbocycles. The summed E-state index contributed by atoms with van der Waals surface area (Å²) in [5.74, 6) is 2.89. The van der Waals surface area contributed by atoms with Crippen LogP contribution in [0.15, 0.2) is 24.3 Å². The minimum atomic E-state index is -0.254. The smallest absolute Gasteiger partial charge is 0.0783 e. The summed E-state index contributed by atoms with van der Waals surface area (Å²) in [6.07, 6.45) is 4.47. The molecule has 0 bridgehead atoms. The molecule has 21 heavy (non-hydrogen) atoms. The van der Waals surface area contributed by atoms with Gasteiger partial charge in [-0.25, -0.2) is 0 Å². The summed E-state index contributed by atoms with van der Waals surface area (Å²) >= 11 is 2.03. The Kier molecular flexibility index (Phi) is 4.35. The zero-order valence-electron chi connectivity index (χ0n) is 13.2. The molecule has 3 heteroatoms. The van der Waals surface area contributed by atoms with Crippen molar-refractivity contribution in [2.75, 3.05) is 18.1 Å². The van der Waals surface area contributed by atoms with E-state index in [-0.39, 0.29) is 11.1 Å². The molecular weight excluding hydrogens is 278 g/mol. The van der Waals surface area contributed by atoms with Crippen LogP contribution in [-0.4, -0.2) is 23.7 Å². The average Bonchev–Trinajstić information content (AvgIpc) is 2.95. The van der Waals surface area contributed by atoms with Gasteiger partial charge in [0.2, 0.25) is 0 Å². The topological polar surface area (TPSA) is 35.2 Å². The molecule has 1 aromatic rings. The van der Waals surface area contributed by atoms with E-state index in [0.29, 0.717) is 5.92 Å². The third-order valence-electron chi connectivity index (χ3n) is 5.39. The quantitative estimate of drug-likeness (QED) is 0.924. The summed E-state index contributed by atoms with van der Waals surface area (Å²) in [7, 11) is 0. The number of ether oxygens (including phenoxy) is 1. The first-order valence-electron chi connectivity index (χ1n) is 8.16. The van der Waals surface area contributed by atoms with E-state index in [0.717, 1.165) is 31.6 Å². The lowest BCUT2D eigenvalue weighted by atomic mass is 9.71. The predicted octanol–water partition coefficient (Wildman–Crippen LogP) is 3.73. The molecule has 2 nitrogen and oxygen atoms in total. The maximum absolute atomic E-state index is 6.79. The molecule has 3 rings (SSSR count). The molecule has 3 atom stereocenters. The SMILES string of the molecule is CCc1ccc(C(C)(N)C2CCOC3(CCSC3)C2)cc1. The largest absolute Gasteiger partial charge is 0.374 e. The summed E-state index contributed by atoms with van der Waals surface area (Å²) in [5, 5.41) is 0. The zero-order chi connectivity index (χ0) is 14.9. The van der Waals surface area contributed by atoms with Crippen molar-refractivity contribution in [2.45, 2.75) is 50.7 Å². The highest BCUT2D eigenvalue weighted by atomic mass is 32.2. The highest BCUT2D eigenvalue weighted by Gasteiger charge is 2.45. The lowest BCUT2D eigenvalue weighted by Gasteiger charge is -2.44.